The molecule has 0 aromatic heterocycles. The van der Waals surface area contributed by atoms with E-state index in [1.54, 1.807) is 6.07 Å². The number of rotatable bonds is 8. The Morgan fingerprint density at radius 2 is 2.11 bits per heavy atom. The highest BCUT2D eigenvalue weighted by Crippen LogP contribution is 2.11. The summed E-state index contributed by atoms with van der Waals surface area (Å²) < 4.78 is 10.3. The fourth-order valence-corrected chi connectivity index (χ4v) is 1.61. The molecule has 0 aliphatic carbocycles. The molecule has 0 aliphatic rings. The third-order valence-corrected chi connectivity index (χ3v) is 2.59. The molecule has 0 atom stereocenters. The van der Waals surface area contributed by atoms with Gasteiger partial charge in [0.1, 0.15) is 0 Å². The molecule has 1 aromatic carbocycles. The number of hydrogen-bond donors (Lipinski definition) is 0. The van der Waals surface area contributed by atoms with E-state index in [1.807, 2.05) is 18.2 Å². The lowest BCUT2D eigenvalue weighted by molar-refractivity contribution is 0.0662. The van der Waals surface area contributed by atoms with Crippen LogP contribution in [0.2, 0.25) is 0 Å². The van der Waals surface area contributed by atoms with Crippen molar-refractivity contribution in [2.45, 2.75) is 26.2 Å². The van der Waals surface area contributed by atoms with Crippen LogP contribution in [0.4, 0.5) is 0 Å². The highest BCUT2D eigenvalue weighted by molar-refractivity contribution is 5.91. The van der Waals surface area contributed by atoms with Gasteiger partial charge in [-0.25, -0.2) is 4.79 Å². The molecule has 0 amide bonds. The lowest BCUT2D eigenvalue weighted by atomic mass is 10.1. The van der Waals surface area contributed by atoms with Crippen LogP contribution in [0.1, 0.15) is 35.7 Å². The van der Waals surface area contributed by atoms with Crippen molar-refractivity contribution in [3.63, 3.8) is 0 Å². The normalized spacial score (nSPS) is 10.1. The number of benzene rings is 1. The van der Waals surface area contributed by atoms with Crippen molar-refractivity contribution in [2.24, 2.45) is 0 Å². The van der Waals surface area contributed by atoms with Gasteiger partial charge in [0.25, 0.3) is 0 Å². The summed E-state index contributed by atoms with van der Waals surface area (Å²) in [6.07, 6.45) is 4.06. The minimum absolute atomic E-state index is 0.367. The molecule has 0 N–H and O–H groups in total. The zero-order chi connectivity index (χ0) is 13.2. The first-order valence-electron chi connectivity index (χ1n) is 6.27. The third kappa shape index (κ3) is 4.72. The first-order chi connectivity index (χ1) is 8.79. The van der Waals surface area contributed by atoms with Gasteiger partial charge in [-0.3, -0.25) is 0 Å². The average molecular weight is 248 g/mol. The number of hydrogen-bond acceptors (Lipinski definition) is 3. The van der Waals surface area contributed by atoms with Crippen molar-refractivity contribution in [1.82, 2.24) is 0 Å². The Kier molecular flexibility index (Phi) is 6.81. The second-order valence-electron chi connectivity index (χ2n) is 3.95. The van der Waals surface area contributed by atoms with Gasteiger partial charge >= 0.3 is 5.97 Å². The fourth-order valence-electron chi connectivity index (χ4n) is 1.61. The monoisotopic (exact) mass is 248 g/mol. The maximum Gasteiger partial charge on any atom is 0.343 e. The third-order valence-electron chi connectivity index (χ3n) is 2.59. The van der Waals surface area contributed by atoms with Gasteiger partial charge in [-0.05, 0) is 24.5 Å². The van der Waals surface area contributed by atoms with Crippen molar-refractivity contribution in [3.05, 3.63) is 48.2 Å². The van der Waals surface area contributed by atoms with Crippen LogP contribution in [0.25, 0.3) is 0 Å². The van der Waals surface area contributed by atoms with E-state index in [2.05, 4.69) is 13.5 Å². The Balaban J connectivity index is 2.53. The second-order valence-corrected chi connectivity index (χ2v) is 3.95. The molecule has 0 unspecified atom stereocenters. The van der Waals surface area contributed by atoms with Crippen LogP contribution in [-0.2, 0) is 15.9 Å². The van der Waals surface area contributed by atoms with E-state index in [4.69, 9.17) is 9.47 Å². The Morgan fingerprint density at radius 3 is 2.83 bits per heavy atom. The summed E-state index contributed by atoms with van der Waals surface area (Å²) in [5.74, 6) is -0.367. The molecule has 18 heavy (non-hydrogen) atoms. The van der Waals surface area contributed by atoms with E-state index in [0.29, 0.717) is 18.6 Å². The van der Waals surface area contributed by atoms with Crippen LogP contribution in [0, 0.1) is 0 Å². The van der Waals surface area contributed by atoms with Crippen LogP contribution < -0.4 is 0 Å². The molecule has 0 saturated carbocycles. The summed E-state index contributed by atoms with van der Waals surface area (Å²) in [6.45, 7) is 6.91. The van der Waals surface area contributed by atoms with Crippen molar-refractivity contribution in [2.75, 3.05) is 13.2 Å². The average Bonchev–Trinajstić information content (AvgIpc) is 2.39. The maximum absolute atomic E-state index is 11.7. The van der Waals surface area contributed by atoms with Gasteiger partial charge in [0, 0.05) is 6.61 Å². The molecule has 1 rings (SSSR count). The molecule has 0 spiro atoms. The number of carbonyl (C=O) groups excluding carboxylic acids is 1. The molecular formula is C15H20O3. The van der Waals surface area contributed by atoms with Crippen LogP contribution >= 0.6 is 0 Å². The van der Waals surface area contributed by atoms with Gasteiger partial charge in [0.05, 0.1) is 18.4 Å². The first kappa shape index (κ1) is 14.5. The molecule has 0 bridgehead atoms. The highest BCUT2D eigenvalue weighted by Gasteiger charge is 2.10. The summed E-state index contributed by atoms with van der Waals surface area (Å²) >= 11 is 0. The lowest BCUT2D eigenvalue weighted by Gasteiger charge is -2.08. The van der Waals surface area contributed by atoms with E-state index in [1.165, 1.54) is 0 Å². The Morgan fingerprint density at radius 1 is 1.33 bits per heavy atom. The van der Waals surface area contributed by atoms with Crippen molar-refractivity contribution >= 4 is 5.97 Å². The number of unbranched alkanes of at least 4 members (excludes halogenated alkanes) is 1. The van der Waals surface area contributed by atoms with E-state index < -0.39 is 0 Å². The summed E-state index contributed by atoms with van der Waals surface area (Å²) in [6, 6.07) is 7.41. The summed E-state index contributed by atoms with van der Waals surface area (Å²) in [5, 5.41) is 0. The molecule has 3 heteroatoms. The van der Waals surface area contributed by atoms with Crippen LogP contribution in [0.3, 0.4) is 0 Å². The summed E-state index contributed by atoms with van der Waals surface area (Å²) in [5.41, 5.74) is 1.53. The quantitative estimate of drug-likeness (QED) is 0.402. The SMILES string of the molecule is C=COC(=O)c1ccccc1CCOCCCC. The zero-order valence-electron chi connectivity index (χ0n) is 10.9. The van der Waals surface area contributed by atoms with Crippen LogP contribution in [0.15, 0.2) is 37.1 Å². The zero-order valence-corrected chi connectivity index (χ0v) is 10.9. The van der Waals surface area contributed by atoms with Gasteiger partial charge in [-0.15, -0.1) is 0 Å². The fraction of sp³-hybridized carbons (Fsp3) is 0.400. The van der Waals surface area contributed by atoms with Crippen molar-refractivity contribution in [1.29, 1.82) is 0 Å². The molecular weight excluding hydrogens is 228 g/mol. The standard InChI is InChI=1S/C15H20O3/c1-3-5-11-17-12-10-13-8-6-7-9-14(13)15(16)18-4-2/h4,6-9H,2-3,5,10-12H2,1H3. The Bertz CT molecular complexity index is 385. The van der Waals surface area contributed by atoms with Crippen LogP contribution in [-0.4, -0.2) is 19.2 Å². The molecule has 0 saturated heterocycles. The molecule has 0 fully saturated rings. The van der Waals surface area contributed by atoms with E-state index in [9.17, 15) is 4.79 Å². The number of ether oxygens (including phenoxy) is 2. The van der Waals surface area contributed by atoms with Gasteiger partial charge in [-0.1, -0.05) is 38.1 Å². The molecule has 0 heterocycles. The lowest BCUT2D eigenvalue weighted by Crippen LogP contribution is -2.08. The predicted molar refractivity (Wildman–Crippen MR) is 71.5 cm³/mol. The van der Waals surface area contributed by atoms with Crippen LogP contribution in [0.5, 0.6) is 0 Å². The predicted octanol–water partition coefficient (Wildman–Crippen LogP) is 3.35. The molecule has 0 aliphatic heterocycles. The minimum atomic E-state index is -0.367. The summed E-state index contributed by atoms with van der Waals surface area (Å²) in [7, 11) is 0. The van der Waals surface area contributed by atoms with Gasteiger partial charge in [-0.2, -0.15) is 0 Å². The van der Waals surface area contributed by atoms with Crippen molar-refractivity contribution in [3.8, 4) is 0 Å². The van der Waals surface area contributed by atoms with Gasteiger partial charge < -0.3 is 9.47 Å². The molecule has 1 aromatic rings. The van der Waals surface area contributed by atoms with Gasteiger partial charge in [0.15, 0.2) is 0 Å². The molecule has 3 nitrogen and oxygen atoms in total. The number of esters is 1. The highest BCUT2D eigenvalue weighted by atomic mass is 16.5. The first-order valence-corrected chi connectivity index (χ1v) is 6.27. The molecule has 0 radical (unpaired) electrons. The number of carbonyl (C=O) groups is 1. The van der Waals surface area contributed by atoms with Crippen molar-refractivity contribution < 1.29 is 14.3 Å². The molecule has 98 valence electrons. The summed E-state index contributed by atoms with van der Waals surface area (Å²) in [4.78, 5) is 11.7. The van der Waals surface area contributed by atoms with E-state index in [-0.39, 0.29) is 5.97 Å². The van der Waals surface area contributed by atoms with E-state index in [0.717, 1.165) is 31.3 Å². The Hall–Kier alpha value is -1.61. The second kappa shape index (κ2) is 8.48. The maximum atomic E-state index is 11.7. The van der Waals surface area contributed by atoms with E-state index >= 15 is 0 Å². The topological polar surface area (TPSA) is 35.5 Å². The largest absolute Gasteiger partial charge is 0.432 e. The smallest absolute Gasteiger partial charge is 0.343 e. The Labute approximate surface area is 108 Å². The van der Waals surface area contributed by atoms with Gasteiger partial charge in [0.2, 0.25) is 0 Å². The minimum Gasteiger partial charge on any atom is -0.432 e.